The van der Waals surface area contributed by atoms with E-state index in [4.69, 9.17) is 0 Å². The number of rotatable bonds is 3. The maximum absolute atomic E-state index is 13.1. The summed E-state index contributed by atoms with van der Waals surface area (Å²) >= 11 is 0. The fourth-order valence-electron chi connectivity index (χ4n) is 1.51. The Morgan fingerprint density at radius 2 is 2.15 bits per heavy atom. The first-order valence-electron chi connectivity index (χ1n) is 5.66. The van der Waals surface area contributed by atoms with Crippen molar-refractivity contribution in [1.82, 2.24) is 25.1 Å². The molecule has 0 fully saturated rings. The Kier molecular flexibility index (Phi) is 3.87. The first-order valence-corrected chi connectivity index (χ1v) is 5.66. The van der Waals surface area contributed by atoms with Crippen molar-refractivity contribution >= 4 is 12.0 Å². The molecule has 0 saturated carbocycles. The molecule has 9 heteroatoms. The van der Waals surface area contributed by atoms with E-state index in [-0.39, 0.29) is 12.5 Å². The van der Waals surface area contributed by atoms with E-state index >= 15 is 0 Å². The topological polar surface area (TPSA) is 75.9 Å². The van der Waals surface area contributed by atoms with Crippen molar-refractivity contribution in [3.05, 3.63) is 35.4 Å². The highest BCUT2D eigenvalue weighted by atomic mass is 19.2. The van der Waals surface area contributed by atoms with E-state index in [0.717, 1.165) is 12.1 Å². The number of halogens is 2. The van der Waals surface area contributed by atoms with Crippen LogP contribution in [0, 0.1) is 11.6 Å². The van der Waals surface area contributed by atoms with Gasteiger partial charge in [-0.2, -0.15) is 4.80 Å². The summed E-state index contributed by atoms with van der Waals surface area (Å²) in [6, 6.07) is 2.98. The smallest absolute Gasteiger partial charge is 0.323 e. The van der Waals surface area contributed by atoms with E-state index in [2.05, 4.69) is 20.7 Å². The van der Waals surface area contributed by atoms with Gasteiger partial charge in [0.2, 0.25) is 0 Å². The lowest BCUT2D eigenvalue weighted by Crippen LogP contribution is -2.31. The van der Waals surface area contributed by atoms with Crippen molar-refractivity contribution in [1.29, 1.82) is 0 Å². The quantitative estimate of drug-likeness (QED) is 0.916. The minimum absolute atomic E-state index is 0.0645. The molecule has 1 aromatic heterocycles. The molecule has 1 N–H and O–H groups in total. The maximum atomic E-state index is 13.1. The molecule has 1 aromatic carbocycles. The van der Waals surface area contributed by atoms with Gasteiger partial charge in [0, 0.05) is 13.6 Å². The zero-order valence-corrected chi connectivity index (χ0v) is 10.8. The van der Waals surface area contributed by atoms with Crippen LogP contribution in [0.25, 0.3) is 0 Å². The summed E-state index contributed by atoms with van der Waals surface area (Å²) < 4.78 is 25.8. The second-order valence-corrected chi connectivity index (χ2v) is 4.14. The summed E-state index contributed by atoms with van der Waals surface area (Å²) in [4.78, 5) is 14.3. The maximum Gasteiger partial charge on any atom is 0.324 e. The highest BCUT2D eigenvalue weighted by Gasteiger charge is 2.13. The molecule has 0 unspecified atom stereocenters. The van der Waals surface area contributed by atoms with Gasteiger partial charge in [0.05, 0.1) is 7.05 Å². The predicted octanol–water partition coefficient (Wildman–Crippen LogP) is 1.15. The van der Waals surface area contributed by atoms with Crippen molar-refractivity contribution in [2.75, 3.05) is 12.4 Å². The number of hydrogen-bond acceptors (Lipinski definition) is 4. The molecule has 0 saturated heterocycles. The van der Waals surface area contributed by atoms with Crippen molar-refractivity contribution < 1.29 is 13.6 Å². The molecule has 0 bridgehead atoms. The van der Waals surface area contributed by atoms with Crippen LogP contribution in [0.15, 0.2) is 18.2 Å². The van der Waals surface area contributed by atoms with Crippen LogP contribution in [0.4, 0.5) is 19.5 Å². The lowest BCUT2D eigenvalue weighted by molar-refractivity contribution is 0.220. The summed E-state index contributed by atoms with van der Waals surface area (Å²) in [5.41, 5.74) is 0.466. The number of urea groups is 1. The van der Waals surface area contributed by atoms with Gasteiger partial charge < -0.3 is 4.90 Å². The van der Waals surface area contributed by atoms with Crippen LogP contribution >= 0.6 is 0 Å². The van der Waals surface area contributed by atoms with Crippen molar-refractivity contribution in [2.45, 2.75) is 6.54 Å². The molecule has 0 radical (unpaired) electrons. The van der Waals surface area contributed by atoms with Crippen LogP contribution in [0.2, 0.25) is 0 Å². The van der Waals surface area contributed by atoms with Gasteiger partial charge in [-0.1, -0.05) is 11.2 Å². The Labute approximate surface area is 113 Å². The van der Waals surface area contributed by atoms with Gasteiger partial charge in [-0.15, -0.1) is 5.10 Å². The third-order valence-corrected chi connectivity index (χ3v) is 2.48. The largest absolute Gasteiger partial charge is 0.324 e. The van der Waals surface area contributed by atoms with E-state index in [1.807, 2.05) is 0 Å². The average Bonchev–Trinajstić information content (AvgIpc) is 2.79. The SMILES string of the molecule is CN(Cc1ccc(F)c(F)c1)C(=O)Nc1nnn(C)n1. The zero-order valence-electron chi connectivity index (χ0n) is 10.8. The van der Waals surface area contributed by atoms with Crippen molar-refractivity contribution in [3.63, 3.8) is 0 Å². The fraction of sp³-hybridized carbons (Fsp3) is 0.273. The van der Waals surface area contributed by atoms with Gasteiger partial charge in [-0.25, -0.2) is 13.6 Å². The Morgan fingerprint density at radius 3 is 2.75 bits per heavy atom. The van der Waals surface area contributed by atoms with Gasteiger partial charge >= 0.3 is 6.03 Å². The van der Waals surface area contributed by atoms with Gasteiger partial charge in [-0.05, 0) is 22.9 Å². The molecule has 20 heavy (non-hydrogen) atoms. The number of anilines is 1. The number of amides is 2. The number of nitrogens with one attached hydrogen (secondary N) is 1. The van der Waals surface area contributed by atoms with Crippen LogP contribution in [0.5, 0.6) is 0 Å². The third-order valence-electron chi connectivity index (χ3n) is 2.48. The molecule has 1 heterocycles. The summed E-state index contributed by atoms with van der Waals surface area (Å²) in [6.07, 6.45) is 0. The molecular formula is C11H12F2N6O. The van der Waals surface area contributed by atoms with Crippen LogP contribution < -0.4 is 5.32 Å². The lowest BCUT2D eigenvalue weighted by Gasteiger charge is -2.16. The first kappa shape index (κ1) is 13.8. The van der Waals surface area contributed by atoms with Crippen molar-refractivity contribution in [3.8, 4) is 0 Å². The van der Waals surface area contributed by atoms with E-state index in [9.17, 15) is 13.6 Å². The molecule has 0 aliphatic rings. The molecule has 0 aliphatic carbocycles. The minimum atomic E-state index is -0.952. The second kappa shape index (κ2) is 5.59. The molecule has 0 aliphatic heterocycles. The second-order valence-electron chi connectivity index (χ2n) is 4.14. The molecule has 0 spiro atoms. The normalized spacial score (nSPS) is 10.4. The van der Waals surface area contributed by atoms with Crippen LogP contribution in [0.3, 0.4) is 0 Å². The Bertz CT molecular complexity index is 629. The summed E-state index contributed by atoms with van der Waals surface area (Å²) in [5, 5.41) is 13.4. The van der Waals surface area contributed by atoms with Gasteiger partial charge in [0.15, 0.2) is 11.6 Å². The molecule has 0 atom stereocenters. The Balaban J connectivity index is 1.98. The lowest BCUT2D eigenvalue weighted by atomic mass is 10.2. The van der Waals surface area contributed by atoms with Gasteiger partial charge in [0.1, 0.15) is 0 Å². The number of benzene rings is 1. The number of aryl methyl sites for hydroxylation is 1. The van der Waals surface area contributed by atoms with Crippen LogP contribution in [0.1, 0.15) is 5.56 Å². The first-order chi connectivity index (χ1) is 9.45. The van der Waals surface area contributed by atoms with E-state index in [1.165, 1.54) is 22.8 Å². The molecule has 2 amide bonds. The van der Waals surface area contributed by atoms with E-state index < -0.39 is 17.7 Å². The highest BCUT2D eigenvalue weighted by Crippen LogP contribution is 2.10. The molecule has 106 valence electrons. The molecular weight excluding hydrogens is 270 g/mol. The van der Waals surface area contributed by atoms with Crippen LogP contribution in [-0.2, 0) is 13.6 Å². The standard InChI is InChI=1S/C11H12F2N6O/c1-18(6-7-3-4-8(12)9(13)5-7)11(20)14-10-15-17-19(2)16-10/h3-5H,6H2,1-2H3,(H,14,16,20). The van der Waals surface area contributed by atoms with Crippen molar-refractivity contribution in [2.24, 2.45) is 7.05 Å². The number of nitrogens with zero attached hydrogens (tertiary/aromatic N) is 5. The van der Waals surface area contributed by atoms with Crippen LogP contribution in [-0.4, -0.2) is 38.2 Å². The zero-order chi connectivity index (χ0) is 14.7. The summed E-state index contributed by atoms with van der Waals surface area (Å²) in [6.45, 7) is 0.114. The predicted molar refractivity (Wildman–Crippen MR) is 65.6 cm³/mol. The monoisotopic (exact) mass is 282 g/mol. The Hall–Kier alpha value is -2.58. The number of aromatic nitrogens is 4. The average molecular weight is 282 g/mol. The third kappa shape index (κ3) is 3.25. The molecule has 7 nitrogen and oxygen atoms in total. The number of tetrazole rings is 1. The minimum Gasteiger partial charge on any atom is -0.323 e. The number of carbonyl (C=O) groups is 1. The van der Waals surface area contributed by atoms with E-state index in [1.54, 1.807) is 7.05 Å². The molecule has 2 aromatic rings. The van der Waals surface area contributed by atoms with E-state index in [0.29, 0.717) is 5.56 Å². The fourth-order valence-corrected chi connectivity index (χ4v) is 1.51. The molecule has 2 rings (SSSR count). The van der Waals surface area contributed by atoms with Gasteiger partial charge in [0.25, 0.3) is 5.95 Å². The number of hydrogen-bond donors (Lipinski definition) is 1. The highest BCUT2D eigenvalue weighted by molar-refractivity contribution is 5.87. The summed E-state index contributed by atoms with van der Waals surface area (Å²) in [5.74, 6) is -1.81. The number of carbonyl (C=O) groups excluding carboxylic acids is 1. The summed E-state index contributed by atoms with van der Waals surface area (Å²) in [7, 11) is 3.07. The Morgan fingerprint density at radius 1 is 1.40 bits per heavy atom. The van der Waals surface area contributed by atoms with Gasteiger partial charge in [-0.3, -0.25) is 5.32 Å².